The van der Waals surface area contributed by atoms with Gasteiger partial charge in [-0.3, -0.25) is 4.79 Å². The standard InChI is InChI=1S/C24H26N4O/c1-15-7-6-8-17-13-21(28(18-11-12-18)24(29)22(15)17)16(2)27-23-19-9-4-3-5-10-20(19)25-14-26-23/h4,6-9,13-14,16,18H,3,5,10-12H2,1-2H3,(H,25,26,27)/t16-/m0/s1. The second-order valence-corrected chi connectivity index (χ2v) is 8.26. The highest BCUT2D eigenvalue weighted by Gasteiger charge is 2.29. The van der Waals surface area contributed by atoms with Crippen molar-refractivity contribution in [2.45, 2.75) is 58.0 Å². The van der Waals surface area contributed by atoms with Crippen LogP contribution in [-0.4, -0.2) is 14.5 Å². The maximum absolute atomic E-state index is 13.4. The molecular formula is C24H26N4O. The van der Waals surface area contributed by atoms with Crippen LogP contribution >= 0.6 is 0 Å². The summed E-state index contributed by atoms with van der Waals surface area (Å²) in [6.07, 6.45) is 11.3. The van der Waals surface area contributed by atoms with Crippen molar-refractivity contribution in [3.63, 3.8) is 0 Å². The van der Waals surface area contributed by atoms with E-state index in [9.17, 15) is 4.79 Å². The molecule has 0 unspecified atom stereocenters. The first-order valence-electron chi connectivity index (χ1n) is 10.5. The molecule has 5 heteroatoms. The van der Waals surface area contributed by atoms with Crippen LogP contribution in [0.5, 0.6) is 0 Å². The summed E-state index contributed by atoms with van der Waals surface area (Å²) in [7, 11) is 0. The summed E-state index contributed by atoms with van der Waals surface area (Å²) in [6, 6.07) is 8.53. The lowest BCUT2D eigenvalue weighted by Gasteiger charge is -2.22. The van der Waals surface area contributed by atoms with Crippen LogP contribution < -0.4 is 10.9 Å². The number of anilines is 1. The van der Waals surface area contributed by atoms with E-state index in [1.54, 1.807) is 6.33 Å². The summed E-state index contributed by atoms with van der Waals surface area (Å²) in [6.45, 7) is 4.13. The zero-order chi connectivity index (χ0) is 20.0. The lowest BCUT2D eigenvalue weighted by molar-refractivity contribution is 0.635. The minimum Gasteiger partial charge on any atom is -0.361 e. The van der Waals surface area contributed by atoms with E-state index in [1.807, 2.05) is 29.7 Å². The molecule has 5 rings (SSSR count). The fourth-order valence-corrected chi connectivity index (χ4v) is 4.40. The maximum Gasteiger partial charge on any atom is 0.259 e. The number of hydrogen-bond donors (Lipinski definition) is 1. The summed E-state index contributed by atoms with van der Waals surface area (Å²) >= 11 is 0. The van der Waals surface area contributed by atoms with Crippen LogP contribution in [0.1, 0.15) is 67.2 Å². The minimum atomic E-state index is -0.0381. The maximum atomic E-state index is 13.4. The molecule has 148 valence electrons. The van der Waals surface area contributed by atoms with Crippen molar-refractivity contribution in [2.75, 3.05) is 5.32 Å². The molecule has 1 aromatic carbocycles. The molecule has 0 radical (unpaired) electrons. The van der Waals surface area contributed by atoms with E-state index in [0.717, 1.165) is 71.2 Å². The van der Waals surface area contributed by atoms with E-state index in [2.05, 4.69) is 40.4 Å². The van der Waals surface area contributed by atoms with Gasteiger partial charge in [-0.15, -0.1) is 0 Å². The van der Waals surface area contributed by atoms with Crippen molar-refractivity contribution in [2.24, 2.45) is 0 Å². The molecule has 0 saturated heterocycles. The van der Waals surface area contributed by atoms with E-state index < -0.39 is 0 Å². The molecule has 29 heavy (non-hydrogen) atoms. The molecule has 2 aromatic heterocycles. The summed E-state index contributed by atoms with van der Waals surface area (Å²) in [5.41, 5.74) is 4.38. The Morgan fingerprint density at radius 3 is 2.93 bits per heavy atom. The zero-order valence-electron chi connectivity index (χ0n) is 17.0. The molecule has 0 amide bonds. The number of aromatic nitrogens is 3. The summed E-state index contributed by atoms with van der Waals surface area (Å²) in [4.78, 5) is 22.4. The van der Waals surface area contributed by atoms with Gasteiger partial charge >= 0.3 is 0 Å². The van der Waals surface area contributed by atoms with Gasteiger partial charge in [0.15, 0.2) is 0 Å². The molecule has 2 aliphatic carbocycles. The van der Waals surface area contributed by atoms with Crippen molar-refractivity contribution in [1.82, 2.24) is 14.5 Å². The minimum absolute atomic E-state index is 0.0381. The number of benzene rings is 1. The molecule has 0 bridgehead atoms. The molecule has 0 spiro atoms. The highest BCUT2D eigenvalue weighted by atomic mass is 16.1. The Bertz CT molecular complexity index is 1170. The molecule has 0 aliphatic heterocycles. The Labute approximate surface area is 170 Å². The molecule has 1 N–H and O–H groups in total. The average Bonchev–Trinajstić information content (AvgIpc) is 3.55. The first-order valence-corrected chi connectivity index (χ1v) is 10.5. The fourth-order valence-electron chi connectivity index (χ4n) is 4.40. The Morgan fingerprint density at radius 2 is 2.10 bits per heavy atom. The second kappa shape index (κ2) is 7.14. The smallest absolute Gasteiger partial charge is 0.259 e. The Hall–Kier alpha value is -2.95. The van der Waals surface area contributed by atoms with Crippen molar-refractivity contribution in [1.29, 1.82) is 0 Å². The summed E-state index contributed by atoms with van der Waals surface area (Å²) < 4.78 is 2.02. The molecule has 1 fully saturated rings. The van der Waals surface area contributed by atoms with Crippen LogP contribution in [0.4, 0.5) is 5.82 Å². The monoisotopic (exact) mass is 386 g/mol. The summed E-state index contributed by atoms with van der Waals surface area (Å²) in [5.74, 6) is 0.847. The van der Waals surface area contributed by atoms with Crippen LogP contribution in [-0.2, 0) is 6.42 Å². The zero-order valence-corrected chi connectivity index (χ0v) is 17.0. The lowest BCUT2D eigenvalue weighted by atomic mass is 10.0. The molecule has 1 atom stereocenters. The Balaban J connectivity index is 1.60. The van der Waals surface area contributed by atoms with Gasteiger partial charge in [0.25, 0.3) is 5.56 Å². The number of nitrogens with one attached hydrogen (secondary N) is 1. The third-order valence-electron chi connectivity index (χ3n) is 6.06. The van der Waals surface area contributed by atoms with Crippen molar-refractivity contribution in [3.8, 4) is 0 Å². The van der Waals surface area contributed by atoms with E-state index >= 15 is 0 Å². The number of aryl methyl sites for hydroxylation is 2. The predicted octanol–water partition coefficient (Wildman–Crippen LogP) is 4.96. The number of hydrogen-bond acceptors (Lipinski definition) is 4. The van der Waals surface area contributed by atoms with Gasteiger partial charge in [-0.25, -0.2) is 9.97 Å². The molecule has 5 nitrogen and oxygen atoms in total. The topological polar surface area (TPSA) is 59.8 Å². The first-order chi connectivity index (χ1) is 14.1. The number of rotatable bonds is 4. The average molecular weight is 386 g/mol. The molecule has 2 heterocycles. The van der Waals surface area contributed by atoms with Gasteiger partial charge in [0.1, 0.15) is 12.1 Å². The molecular weight excluding hydrogens is 360 g/mol. The quantitative estimate of drug-likeness (QED) is 0.689. The van der Waals surface area contributed by atoms with Crippen molar-refractivity contribution in [3.05, 3.63) is 69.5 Å². The van der Waals surface area contributed by atoms with Gasteiger partial charge in [0.2, 0.25) is 0 Å². The largest absolute Gasteiger partial charge is 0.361 e. The third-order valence-corrected chi connectivity index (χ3v) is 6.06. The number of allylic oxidation sites excluding steroid dienone is 1. The predicted molar refractivity (Wildman–Crippen MR) is 117 cm³/mol. The first kappa shape index (κ1) is 18.1. The fraction of sp³-hybridized carbons (Fsp3) is 0.375. The van der Waals surface area contributed by atoms with Gasteiger partial charge in [0.05, 0.1) is 17.1 Å². The van der Waals surface area contributed by atoms with Crippen LogP contribution in [0, 0.1) is 6.92 Å². The molecule has 3 aromatic rings. The number of fused-ring (bicyclic) bond motifs is 2. The van der Waals surface area contributed by atoms with Gasteiger partial charge in [-0.2, -0.15) is 0 Å². The van der Waals surface area contributed by atoms with Gasteiger partial charge in [-0.1, -0.05) is 30.4 Å². The molecule has 2 aliphatic rings. The SMILES string of the molecule is Cc1cccc2cc([C@H](C)Nc3ncnc4c3C=CCCC4)n(C3CC3)c(=O)c12. The highest BCUT2D eigenvalue weighted by Crippen LogP contribution is 2.37. The number of nitrogens with zero attached hydrogens (tertiary/aromatic N) is 3. The van der Waals surface area contributed by atoms with E-state index in [-0.39, 0.29) is 11.6 Å². The van der Waals surface area contributed by atoms with E-state index in [0.29, 0.717) is 6.04 Å². The third kappa shape index (κ3) is 3.24. The van der Waals surface area contributed by atoms with E-state index in [4.69, 9.17) is 0 Å². The Morgan fingerprint density at radius 1 is 1.24 bits per heavy atom. The van der Waals surface area contributed by atoms with Crippen LogP contribution in [0.25, 0.3) is 16.8 Å². The van der Waals surface area contributed by atoms with Crippen LogP contribution in [0.2, 0.25) is 0 Å². The van der Waals surface area contributed by atoms with Gasteiger partial charge in [-0.05, 0) is 63.0 Å². The highest BCUT2D eigenvalue weighted by molar-refractivity contribution is 5.85. The van der Waals surface area contributed by atoms with Crippen molar-refractivity contribution >= 4 is 22.7 Å². The van der Waals surface area contributed by atoms with Gasteiger partial charge in [0, 0.05) is 17.3 Å². The number of pyridine rings is 1. The van der Waals surface area contributed by atoms with E-state index in [1.165, 1.54) is 0 Å². The van der Waals surface area contributed by atoms with Crippen LogP contribution in [0.15, 0.2) is 41.5 Å². The van der Waals surface area contributed by atoms with Crippen LogP contribution in [0.3, 0.4) is 0 Å². The lowest BCUT2D eigenvalue weighted by Crippen LogP contribution is -2.27. The molecule has 1 saturated carbocycles. The van der Waals surface area contributed by atoms with Crippen molar-refractivity contribution < 1.29 is 0 Å². The van der Waals surface area contributed by atoms with Gasteiger partial charge < -0.3 is 9.88 Å². The Kier molecular flexibility index (Phi) is 4.46. The second-order valence-electron chi connectivity index (χ2n) is 8.26. The normalized spacial score (nSPS) is 17.0. The summed E-state index contributed by atoms with van der Waals surface area (Å²) in [5, 5.41) is 5.43.